The van der Waals surface area contributed by atoms with Gasteiger partial charge in [0.1, 0.15) is 102 Å². The second-order valence-corrected chi connectivity index (χ2v) is 33.1. The summed E-state index contributed by atoms with van der Waals surface area (Å²) in [5.74, 6) is -14.8. The molecular formula is C83H109ClN10O26. The number of primary amides is 1. The van der Waals surface area contributed by atoms with E-state index in [0.717, 1.165) is 85.9 Å². The van der Waals surface area contributed by atoms with Crippen LogP contribution < -0.4 is 63.3 Å². The number of hydrogen-bond donors (Lipinski definition) is 19. The molecule has 0 spiro atoms. The summed E-state index contributed by atoms with van der Waals surface area (Å²) in [6, 6.07) is 2.32. The maximum absolute atomic E-state index is 16.6. The lowest BCUT2D eigenvalue weighted by atomic mass is 9.86. The summed E-state index contributed by atoms with van der Waals surface area (Å²) in [5, 5.41) is 132. The number of benzene rings is 5. The number of hydrogen-bond acceptors (Lipinski definition) is 28. The van der Waals surface area contributed by atoms with Gasteiger partial charge in [-0.05, 0) is 136 Å². The van der Waals surface area contributed by atoms with Crippen molar-refractivity contribution < 1.29 is 127 Å². The molecule has 120 heavy (non-hydrogen) atoms. The zero-order valence-electron chi connectivity index (χ0n) is 67.7. The first-order valence-electron chi connectivity index (χ1n) is 40.2. The van der Waals surface area contributed by atoms with E-state index in [1.807, 2.05) is 0 Å². The molecule has 22 atom stereocenters. The number of phenols is 3. The highest BCUT2D eigenvalue weighted by Gasteiger charge is 2.53. The number of aromatic hydroxyl groups is 3. The minimum atomic E-state index is -2.34. The number of unbranched alkanes of at least 4 members (excludes halogenated alkanes) is 7. The standard InChI is InChI=1S/C83H109ClN10O26/c1-9-10-11-12-13-14-15-16-25-88-75(106)63-47-31-44(96)32-52(98)60(47)46-27-41(19-23-51(46)97)61-76(107)93-64(78(109)92-63)69(118-58-34-82(6,86)72(103)38(4)113-58)40-17-21-45(22-18-40)115-54-29-43-30-55(70(54)120-81-71(68(102)67(101)56(36-95)117-81)119-59-35-83(7,87)73(104)39(5)114-59)116-53-24-20-42(28-48(53)84)66(100)65(94(8)50(80(111)112)26-37(2)3)79(110)89-49(33-57(85)99)74(105)90-62(43)77(108)91-61/h17-24,27-32,37-39,49-50,56,58-59,61-69,71-73,81,95-98,100-104H,9-16,25-26,33-36,86-87H2,1-8H3,(H2,85,99)(H,88,106)(H,89,110)(H,90,105)(H,91,108)(H,92,109)(H,93,107)(H,111,112)/t38-,39+,49-,50-,56+,58-,59-,61+,62+,63-,64-,65+,66+,67-,68-,69+,71+,72-,73-,81+,82-,83+/m0/s1. The first kappa shape index (κ1) is 91.1. The third-order valence-corrected chi connectivity index (χ3v) is 22.9. The fourth-order valence-corrected chi connectivity index (χ4v) is 16.3. The topological polar surface area (TPSA) is 566 Å². The number of nitrogens with one attached hydrogen (secondary N) is 6. The monoisotopic (exact) mass is 1700 g/mol. The van der Waals surface area contributed by atoms with Crippen LogP contribution in [0.5, 0.6) is 46.0 Å². The molecule has 8 heterocycles. The smallest absolute Gasteiger partial charge is 0.320 e. The molecule has 5 aromatic carbocycles. The Bertz CT molecular complexity index is 4560. The second kappa shape index (κ2) is 38.6. The van der Waals surface area contributed by atoms with Crippen molar-refractivity contribution in [3.05, 3.63) is 118 Å². The lowest BCUT2D eigenvalue weighted by Gasteiger charge is -2.47. The Kier molecular flexibility index (Phi) is 29.3. The highest BCUT2D eigenvalue weighted by Crippen LogP contribution is 2.50. The highest BCUT2D eigenvalue weighted by atomic mass is 35.5. The van der Waals surface area contributed by atoms with Gasteiger partial charge in [0.25, 0.3) is 0 Å². The van der Waals surface area contributed by atoms with E-state index in [1.165, 1.54) is 77.2 Å². The fourth-order valence-electron chi connectivity index (χ4n) is 16.0. The molecule has 0 unspecified atom stereocenters. The summed E-state index contributed by atoms with van der Waals surface area (Å²) in [5.41, 5.74) is 14.4. The van der Waals surface area contributed by atoms with Gasteiger partial charge in [-0.3, -0.25) is 43.3 Å². The van der Waals surface area contributed by atoms with E-state index in [2.05, 4.69) is 38.8 Å². The number of nitrogens with two attached hydrogens (primary N) is 3. The van der Waals surface area contributed by atoms with Crippen LogP contribution >= 0.6 is 11.6 Å². The van der Waals surface area contributed by atoms with Crippen LogP contribution in [-0.4, -0.2) is 226 Å². The van der Waals surface area contributed by atoms with Crippen molar-refractivity contribution in [2.45, 2.75) is 259 Å². The number of carboxylic acids is 1. The molecule has 5 aromatic rings. The minimum absolute atomic E-state index is 0.0155. The van der Waals surface area contributed by atoms with Crippen LogP contribution in [-0.2, 0) is 62.0 Å². The molecule has 0 saturated carbocycles. The van der Waals surface area contributed by atoms with Crippen molar-refractivity contribution in [3.8, 4) is 57.1 Å². The Balaban J connectivity index is 1.16. The van der Waals surface area contributed by atoms with Crippen LogP contribution in [0.25, 0.3) is 11.1 Å². The van der Waals surface area contributed by atoms with Gasteiger partial charge in [0.15, 0.2) is 30.2 Å². The molecule has 0 aromatic heterocycles. The predicted molar refractivity (Wildman–Crippen MR) is 427 cm³/mol. The number of aliphatic hydroxyl groups is 6. The molecular weight excluding hydrogens is 1590 g/mol. The van der Waals surface area contributed by atoms with E-state index < -0.39 is 234 Å². The van der Waals surface area contributed by atoms with Crippen molar-refractivity contribution in [2.24, 2.45) is 23.1 Å². The number of aliphatic carboxylic acids is 1. The van der Waals surface area contributed by atoms with Crippen LogP contribution in [0.4, 0.5) is 0 Å². The van der Waals surface area contributed by atoms with E-state index in [1.54, 1.807) is 13.8 Å². The van der Waals surface area contributed by atoms with Crippen LogP contribution in [0.1, 0.15) is 184 Å². The number of ether oxygens (including phenoxy) is 8. The van der Waals surface area contributed by atoms with Gasteiger partial charge >= 0.3 is 5.97 Å². The van der Waals surface area contributed by atoms with E-state index in [4.69, 9.17) is 66.7 Å². The van der Waals surface area contributed by atoms with Crippen molar-refractivity contribution >= 4 is 58.9 Å². The fraction of sp³-hybridized carbons (Fsp3) is 0.542. The number of nitrogens with zero attached hydrogens (tertiary/aromatic N) is 1. The number of fused-ring (bicyclic) bond motifs is 15. The van der Waals surface area contributed by atoms with Crippen molar-refractivity contribution in [3.63, 3.8) is 0 Å². The van der Waals surface area contributed by atoms with Gasteiger partial charge in [-0.2, -0.15) is 0 Å². The van der Waals surface area contributed by atoms with Gasteiger partial charge in [-0.25, -0.2) is 0 Å². The molecule has 0 aliphatic carbocycles. The first-order valence-corrected chi connectivity index (χ1v) is 40.5. The van der Waals surface area contributed by atoms with Gasteiger partial charge < -0.3 is 138 Å². The number of carboxylic acid groups (broad SMARTS) is 1. The SMILES string of the molecule is CCCCCCCCCCNC(=O)[C@H]1NC(=O)[C@H]2NC(=O)[C@H](NC(=O)[C@@H]3NC(=O)[C@H](CC(N)=O)NC(=O)[C@H](N(C)[C@@H](CC(C)C)C(=O)O)[C@H](O)c4ccc(c(Cl)c4)Oc4cc3cc(c4O[C@H]3O[C@H](CO)[C@H](O)[C@H](O)[C@H]3O[C@H]3C[C@@](C)(N)[C@@H](O)[C@@H](C)O3)Oc3ccc(cc3)[C@H]2O[C@H]2C[C@](C)(N)[C@@H](O)[C@H](C)O2)c2ccc(O)c(c2)-c2c(O)cc(O)cc21. The Labute approximate surface area is 696 Å². The zero-order valence-corrected chi connectivity index (χ0v) is 68.4. The third kappa shape index (κ3) is 20.8. The quantitative estimate of drug-likeness (QED) is 0.0393. The number of halogens is 1. The molecule has 8 aliphatic rings. The average molecular weight is 1700 g/mol. The third-order valence-electron chi connectivity index (χ3n) is 22.6. The van der Waals surface area contributed by atoms with E-state index >= 15 is 28.8 Å². The summed E-state index contributed by atoms with van der Waals surface area (Å²) in [7, 11) is 1.23. The number of aliphatic hydroxyl groups excluding tert-OH is 6. The van der Waals surface area contributed by atoms with E-state index in [0.29, 0.717) is 12.8 Å². The summed E-state index contributed by atoms with van der Waals surface area (Å²) in [6.07, 6.45) is -15.3. The van der Waals surface area contributed by atoms with Gasteiger partial charge in [-0.1, -0.05) is 102 Å². The molecule has 3 fully saturated rings. The Hall–Kier alpha value is -9.61. The van der Waals surface area contributed by atoms with Crippen LogP contribution in [0.2, 0.25) is 5.02 Å². The summed E-state index contributed by atoms with van der Waals surface area (Å²) < 4.78 is 52.3. The number of carbonyl (C=O) groups excluding carboxylic acids is 7. The number of likely N-dealkylation sites (N-methyl/N-ethyl adjacent to an activating group) is 1. The average Bonchev–Trinajstić information content (AvgIpc) is 0.764. The summed E-state index contributed by atoms with van der Waals surface area (Å²) >= 11 is 7.20. The first-order chi connectivity index (χ1) is 56.8. The molecule has 8 aliphatic heterocycles. The molecule has 654 valence electrons. The number of phenolic OH excluding ortho intramolecular Hbond substituents is 3. The van der Waals surface area contributed by atoms with E-state index in [9.17, 15) is 60.7 Å². The maximum atomic E-state index is 16.6. The molecule has 22 N–H and O–H groups in total. The molecule has 36 nitrogen and oxygen atoms in total. The van der Waals surface area contributed by atoms with E-state index in [-0.39, 0.29) is 81.6 Å². The van der Waals surface area contributed by atoms with Gasteiger partial charge in [0.2, 0.25) is 53.4 Å². The Morgan fingerprint density at radius 3 is 1.86 bits per heavy atom. The molecule has 37 heteroatoms. The normalized spacial score (nSPS) is 30.6. The van der Waals surface area contributed by atoms with Crippen molar-refractivity contribution in [1.82, 2.24) is 36.8 Å². The molecule has 7 amide bonds. The highest BCUT2D eigenvalue weighted by molar-refractivity contribution is 6.32. The predicted octanol–water partition coefficient (Wildman–Crippen LogP) is 3.54. The molecule has 13 rings (SSSR count). The number of amides is 7. The molecule has 11 bridgehead atoms. The van der Waals surface area contributed by atoms with Crippen molar-refractivity contribution in [2.75, 3.05) is 20.2 Å². The Morgan fingerprint density at radius 2 is 1.25 bits per heavy atom. The Morgan fingerprint density at radius 1 is 0.658 bits per heavy atom. The summed E-state index contributed by atoms with van der Waals surface area (Å²) in [6.45, 7) is 10.7. The largest absolute Gasteiger partial charge is 0.508 e. The van der Waals surface area contributed by atoms with Crippen LogP contribution in [0.3, 0.4) is 0 Å². The van der Waals surface area contributed by atoms with Crippen molar-refractivity contribution in [1.29, 1.82) is 0 Å². The minimum Gasteiger partial charge on any atom is -0.508 e. The van der Waals surface area contributed by atoms with Gasteiger partial charge in [-0.15, -0.1) is 0 Å². The molecule has 3 saturated heterocycles. The molecule has 0 radical (unpaired) electrons. The number of rotatable bonds is 24. The lowest BCUT2D eigenvalue weighted by molar-refractivity contribution is -0.333. The van der Waals surface area contributed by atoms with Crippen LogP contribution in [0, 0.1) is 5.92 Å². The lowest BCUT2D eigenvalue weighted by Crippen LogP contribution is -2.64. The maximum Gasteiger partial charge on any atom is 0.320 e. The van der Waals surface area contributed by atoms with Gasteiger partial charge in [0, 0.05) is 47.7 Å². The number of carbonyl (C=O) groups is 8. The zero-order chi connectivity index (χ0) is 87.3. The van der Waals surface area contributed by atoms with Crippen LogP contribution in [0.15, 0.2) is 84.9 Å². The summed E-state index contributed by atoms with van der Waals surface area (Å²) in [4.78, 5) is 123. The second-order valence-electron chi connectivity index (χ2n) is 32.7. The van der Waals surface area contributed by atoms with Gasteiger partial charge in [0.05, 0.1) is 42.5 Å².